The highest BCUT2D eigenvalue weighted by Crippen LogP contribution is 2.30. The highest BCUT2D eigenvalue weighted by Gasteiger charge is 2.06. The van der Waals surface area contributed by atoms with Crippen molar-refractivity contribution in [2.75, 3.05) is 7.11 Å². The van der Waals surface area contributed by atoms with Crippen LogP contribution >= 0.6 is 23.2 Å². The van der Waals surface area contributed by atoms with Crippen molar-refractivity contribution < 1.29 is 9.47 Å². The predicted molar refractivity (Wildman–Crippen MR) is 78.5 cm³/mol. The summed E-state index contributed by atoms with van der Waals surface area (Å²) in [6, 6.07) is 11.2. The van der Waals surface area contributed by atoms with Crippen LogP contribution in [0.25, 0.3) is 0 Å². The molecule has 4 heteroatoms. The standard InChI is InChI=1S/C15H14Cl2O2/c1-10-14(17)7-12(16)8-15(10)19-9-11-3-5-13(18-2)6-4-11/h3-8H,9H2,1-2H3. The third-order valence-corrected chi connectivity index (χ3v) is 3.43. The van der Waals surface area contributed by atoms with Gasteiger partial charge in [-0.05, 0) is 36.8 Å². The van der Waals surface area contributed by atoms with Crippen molar-refractivity contribution in [3.8, 4) is 11.5 Å². The Morgan fingerprint density at radius 2 is 1.74 bits per heavy atom. The molecule has 0 aliphatic heterocycles. The highest BCUT2D eigenvalue weighted by atomic mass is 35.5. The van der Waals surface area contributed by atoms with E-state index in [0.717, 1.165) is 16.9 Å². The molecule has 0 saturated carbocycles. The first kappa shape index (κ1) is 14.0. The summed E-state index contributed by atoms with van der Waals surface area (Å²) in [5.74, 6) is 1.53. The molecule has 0 amide bonds. The van der Waals surface area contributed by atoms with Gasteiger partial charge in [-0.25, -0.2) is 0 Å². The average Bonchev–Trinajstić information content (AvgIpc) is 2.41. The maximum absolute atomic E-state index is 6.06. The molecule has 0 N–H and O–H groups in total. The fraction of sp³-hybridized carbons (Fsp3) is 0.200. The largest absolute Gasteiger partial charge is 0.497 e. The van der Waals surface area contributed by atoms with Gasteiger partial charge in [0.2, 0.25) is 0 Å². The molecule has 2 aromatic rings. The van der Waals surface area contributed by atoms with Crippen molar-refractivity contribution >= 4 is 23.2 Å². The van der Waals surface area contributed by atoms with Crippen molar-refractivity contribution in [2.24, 2.45) is 0 Å². The Hall–Kier alpha value is -1.38. The van der Waals surface area contributed by atoms with Crippen LogP contribution in [0.15, 0.2) is 36.4 Å². The lowest BCUT2D eigenvalue weighted by Gasteiger charge is -2.11. The van der Waals surface area contributed by atoms with E-state index in [1.165, 1.54) is 0 Å². The minimum Gasteiger partial charge on any atom is -0.497 e. The Bertz CT molecular complexity index is 565. The van der Waals surface area contributed by atoms with E-state index in [4.69, 9.17) is 32.7 Å². The molecule has 0 bridgehead atoms. The predicted octanol–water partition coefficient (Wildman–Crippen LogP) is 4.89. The quantitative estimate of drug-likeness (QED) is 0.800. The average molecular weight is 297 g/mol. The molecule has 2 nitrogen and oxygen atoms in total. The first-order chi connectivity index (χ1) is 9.10. The zero-order valence-corrected chi connectivity index (χ0v) is 12.3. The third-order valence-electron chi connectivity index (χ3n) is 2.81. The van der Waals surface area contributed by atoms with E-state index < -0.39 is 0 Å². The van der Waals surface area contributed by atoms with Crippen LogP contribution in [-0.4, -0.2) is 7.11 Å². The lowest BCUT2D eigenvalue weighted by Crippen LogP contribution is -1.97. The van der Waals surface area contributed by atoms with E-state index in [2.05, 4.69) is 0 Å². The summed E-state index contributed by atoms with van der Waals surface area (Å²) in [6.07, 6.45) is 0. The van der Waals surface area contributed by atoms with Gasteiger partial charge in [-0.2, -0.15) is 0 Å². The Kier molecular flexibility index (Phi) is 4.56. The second kappa shape index (κ2) is 6.18. The Labute approximate surface area is 122 Å². The van der Waals surface area contributed by atoms with Crippen LogP contribution in [0.3, 0.4) is 0 Å². The van der Waals surface area contributed by atoms with Gasteiger partial charge >= 0.3 is 0 Å². The maximum atomic E-state index is 6.06. The zero-order valence-electron chi connectivity index (χ0n) is 10.7. The summed E-state index contributed by atoms with van der Waals surface area (Å²) in [6.45, 7) is 2.36. The molecular weight excluding hydrogens is 283 g/mol. The molecule has 0 saturated heterocycles. The topological polar surface area (TPSA) is 18.5 Å². The summed E-state index contributed by atoms with van der Waals surface area (Å²) >= 11 is 12.0. The van der Waals surface area contributed by atoms with Crippen LogP contribution in [-0.2, 0) is 6.61 Å². The molecule has 2 aromatic carbocycles. The summed E-state index contributed by atoms with van der Waals surface area (Å²) in [5.41, 5.74) is 1.94. The van der Waals surface area contributed by atoms with Crippen LogP contribution in [0.1, 0.15) is 11.1 Å². The second-order valence-electron chi connectivity index (χ2n) is 4.15. The van der Waals surface area contributed by atoms with Gasteiger partial charge in [-0.3, -0.25) is 0 Å². The lowest BCUT2D eigenvalue weighted by molar-refractivity contribution is 0.304. The summed E-state index contributed by atoms with van der Waals surface area (Å²) < 4.78 is 10.9. The smallest absolute Gasteiger partial charge is 0.125 e. The fourth-order valence-corrected chi connectivity index (χ4v) is 2.13. The highest BCUT2D eigenvalue weighted by molar-refractivity contribution is 6.35. The molecule has 0 aromatic heterocycles. The van der Waals surface area contributed by atoms with Crippen molar-refractivity contribution in [3.05, 3.63) is 57.6 Å². The van der Waals surface area contributed by atoms with E-state index >= 15 is 0 Å². The zero-order chi connectivity index (χ0) is 13.8. The van der Waals surface area contributed by atoms with Crippen LogP contribution in [0.4, 0.5) is 0 Å². The van der Waals surface area contributed by atoms with Gasteiger partial charge in [0.05, 0.1) is 7.11 Å². The fourth-order valence-electron chi connectivity index (χ4n) is 1.65. The van der Waals surface area contributed by atoms with Crippen molar-refractivity contribution in [1.29, 1.82) is 0 Å². The molecule has 0 aliphatic rings. The summed E-state index contributed by atoms with van der Waals surface area (Å²) in [4.78, 5) is 0. The second-order valence-corrected chi connectivity index (χ2v) is 4.99. The molecule has 0 heterocycles. The molecule has 0 fully saturated rings. The number of hydrogen-bond acceptors (Lipinski definition) is 2. The number of rotatable bonds is 4. The number of halogens is 2. The Morgan fingerprint density at radius 1 is 1.05 bits per heavy atom. The van der Waals surface area contributed by atoms with Gasteiger partial charge in [0.25, 0.3) is 0 Å². The molecule has 0 radical (unpaired) electrons. The molecule has 0 aliphatic carbocycles. The number of methoxy groups -OCH3 is 1. The molecule has 19 heavy (non-hydrogen) atoms. The van der Waals surface area contributed by atoms with E-state index in [0.29, 0.717) is 22.4 Å². The number of ether oxygens (including phenoxy) is 2. The minimum absolute atomic E-state index is 0.460. The summed E-state index contributed by atoms with van der Waals surface area (Å²) in [5, 5.41) is 1.18. The number of hydrogen-bond donors (Lipinski definition) is 0. The molecule has 0 atom stereocenters. The molecular formula is C15H14Cl2O2. The first-order valence-electron chi connectivity index (χ1n) is 5.81. The third kappa shape index (κ3) is 3.55. The first-order valence-corrected chi connectivity index (χ1v) is 6.57. The van der Waals surface area contributed by atoms with Crippen LogP contribution in [0.5, 0.6) is 11.5 Å². The Balaban J connectivity index is 2.09. The van der Waals surface area contributed by atoms with E-state index in [1.807, 2.05) is 31.2 Å². The van der Waals surface area contributed by atoms with Crippen LogP contribution in [0.2, 0.25) is 10.0 Å². The summed E-state index contributed by atoms with van der Waals surface area (Å²) in [7, 11) is 1.64. The van der Waals surface area contributed by atoms with Crippen LogP contribution in [0, 0.1) is 6.92 Å². The maximum Gasteiger partial charge on any atom is 0.125 e. The van der Waals surface area contributed by atoms with Crippen LogP contribution < -0.4 is 9.47 Å². The normalized spacial score (nSPS) is 10.3. The van der Waals surface area contributed by atoms with Gasteiger partial charge in [0.1, 0.15) is 18.1 Å². The number of benzene rings is 2. The van der Waals surface area contributed by atoms with Crippen molar-refractivity contribution in [2.45, 2.75) is 13.5 Å². The lowest BCUT2D eigenvalue weighted by atomic mass is 10.2. The van der Waals surface area contributed by atoms with Gasteiger partial charge < -0.3 is 9.47 Å². The molecule has 100 valence electrons. The molecule has 0 spiro atoms. The SMILES string of the molecule is COc1ccc(COc2cc(Cl)cc(Cl)c2C)cc1. The van der Waals surface area contributed by atoms with Gasteiger partial charge in [0.15, 0.2) is 0 Å². The Morgan fingerprint density at radius 3 is 2.37 bits per heavy atom. The van der Waals surface area contributed by atoms with Gasteiger partial charge in [-0.15, -0.1) is 0 Å². The minimum atomic E-state index is 0.460. The van der Waals surface area contributed by atoms with Gasteiger partial charge in [0, 0.05) is 15.6 Å². The molecule has 2 rings (SSSR count). The van der Waals surface area contributed by atoms with Crippen molar-refractivity contribution in [3.63, 3.8) is 0 Å². The monoisotopic (exact) mass is 296 g/mol. The molecule has 0 unspecified atom stereocenters. The van der Waals surface area contributed by atoms with E-state index in [9.17, 15) is 0 Å². The van der Waals surface area contributed by atoms with E-state index in [-0.39, 0.29) is 0 Å². The van der Waals surface area contributed by atoms with E-state index in [1.54, 1.807) is 19.2 Å². The van der Waals surface area contributed by atoms with Gasteiger partial charge in [-0.1, -0.05) is 35.3 Å². The van der Waals surface area contributed by atoms with Crippen molar-refractivity contribution in [1.82, 2.24) is 0 Å².